The van der Waals surface area contributed by atoms with Crippen molar-refractivity contribution in [1.29, 1.82) is 0 Å². The lowest BCUT2D eigenvalue weighted by molar-refractivity contribution is 0.232. The average molecular weight is 527 g/mol. The van der Waals surface area contributed by atoms with E-state index in [1.807, 2.05) is 0 Å². The van der Waals surface area contributed by atoms with E-state index in [0.29, 0.717) is 0 Å². The summed E-state index contributed by atoms with van der Waals surface area (Å²) in [5.74, 6) is 0. The molecule has 4 fully saturated rings. The van der Waals surface area contributed by atoms with Crippen LogP contribution in [0.2, 0.25) is 0 Å². The van der Waals surface area contributed by atoms with Gasteiger partial charge in [-0.05, 0) is 91.0 Å². The molecule has 0 amide bonds. The van der Waals surface area contributed by atoms with Crippen molar-refractivity contribution >= 4 is 21.1 Å². The number of hydrogen-bond acceptors (Lipinski definition) is 1. The molecule has 5 rings (SSSR count). The van der Waals surface area contributed by atoms with Gasteiger partial charge < -0.3 is 4.74 Å². The molecule has 36 heavy (non-hydrogen) atoms. The highest BCUT2D eigenvalue weighted by atomic mass is 31.1. The summed E-state index contributed by atoms with van der Waals surface area (Å²) >= 11 is 0. The van der Waals surface area contributed by atoms with E-state index in [1.54, 1.807) is 5.30 Å². The predicted molar refractivity (Wildman–Crippen MR) is 161 cm³/mol. The Morgan fingerprint density at radius 3 is 1.53 bits per heavy atom. The molecule has 4 aliphatic carbocycles. The van der Waals surface area contributed by atoms with Gasteiger partial charge in [-0.1, -0.05) is 117 Å². The maximum absolute atomic E-state index is 6.37. The number of benzene rings is 1. The third-order valence-electron chi connectivity index (χ3n) is 9.84. The standard InChI is InChI=1S/C33H52OP2/c1-5-16-29(17-6-1)35(30-18-7-2-8-19-30)26-25-34-27-28-15-13-14-24-33(28)36(31-20-9-3-10-21-31)32-22-11-4-12-23-32/h13-15,24,29-32H,1-12,16-23,25-26H2. The van der Waals surface area contributed by atoms with Crippen molar-refractivity contribution in [2.45, 2.75) is 151 Å². The SMILES string of the molecule is [C](OCCP(C1CCCCC1)C1CCCCC1)c1ccccc1P(C1CCCCC1)C1CCCCC1. The van der Waals surface area contributed by atoms with Crippen LogP contribution in [0.15, 0.2) is 24.3 Å². The van der Waals surface area contributed by atoms with Crippen molar-refractivity contribution < 1.29 is 4.74 Å². The Kier molecular flexibility index (Phi) is 11.5. The van der Waals surface area contributed by atoms with Crippen LogP contribution in [0.25, 0.3) is 0 Å². The second-order valence-electron chi connectivity index (χ2n) is 12.3. The molecule has 1 nitrogen and oxygen atoms in total. The van der Waals surface area contributed by atoms with Crippen LogP contribution in [-0.4, -0.2) is 35.4 Å². The van der Waals surface area contributed by atoms with Gasteiger partial charge in [0.2, 0.25) is 0 Å². The van der Waals surface area contributed by atoms with Gasteiger partial charge in [0, 0.05) is 0 Å². The number of ether oxygens (including phenoxy) is 1. The summed E-state index contributed by atoms with van der Waals surface area (Å²) in [5, 5.41) is 1.63. The van der Waals surface area contributed by atoms with E-state index in [4.69, 9.17) is 4.74 Å². The van der Waals surface area contributed by atoms with E-state index in [-0.39, 0.29) is 15.8 Å². The van der Waals surface area contributed by atoms with E-state index in [1.165, 1.54) is 140 Å². The van der Waals surface area contributed by atoms with Crippen molar-refractivity contribution in [2.75, 3.05) is 12.8 Å². The molecule has 1 aromatic rings. The molecule has 0 N–H and O–H groups in total. The predicted octanol–water partition coefficient (Wildman–Crippen LogP) is 10.0. The molecule has 0 heterocycles. The molecule has 0 atom stereocenters. The second-order valence-corrected chi connectivity index (χ2v) is 18.0. The molecule has 200 valence electrons. The van der Waals surface area contributed by atoms with Crippen molar-refractivity contribution in [2.24, 2.45) is 0 Å². The van der Waals surface area contributed by atoms with Crippen LogP contribution in [0.3, 0.4) is 0 Å². The summed E-state index contributed by atoms with van der Waals surface area (Å²) in [6.07, 6.45) is 30.8. The molecule has 1 aromatic carbocycles. The van der Waals surface area contributed by atoms with Gasteiger partial charge in [0.25, 0.3) is 0 Å². The maximum atomic E-state index is 6.37. The minimum absolute atomic E-state index is 0.105. The van der Waals surface area contributed by atoms with E-state index < -0.39 is 0 Å². The fraction of sp³-hybridized carbons (Fsp3) is 0.788. The summed E-state index contributed by atoms with van der Waals surface area (Å²) in [6, 6.07) is 9.31. The quantitative estimate of drug-likeness (QED) is 0.218. The van der Waals surface area contributed by atoms with Gasteiger partial charge in [0.05, 0.1) is 6.61 Å². The van der Waals surface area contributed by atoms with Crippen LogP contribution >= 0.6 is 15.8 Å². The average Bonchev–Trinajstić information content (AvgIpc) is 2.96. The summed E-state index contributed by atoms with van der Waals surface area (Å²) in [4.78, 5) is 0. The molecular formula is C33H52OP2. The summed E-state index contributed by atoms with van der Waals surface area (Å²) in [5.41, 5.74) is 5.23. The molecular weight excluding hydrogens is 474 g/mol. The number of hydrogen-bond donors (Lipinski definition) is 0. The summed E-state index contributed by atoms with van der Waals surface area (Å²) < 4.78 is 6.37. The molecule has 0 unspecified atom stereocenters. The van der Waals surface area contributed by atoms with E-state index in [9.17, 15) is 0 Å². The Balaban J connectivity index is 1.23. The zero-order valence-corrected chi connectivity index (χ0v) is 24.8. The zero-order valence-electron chi connectivity index (χ0n) is 23.0. The molecule has 0 spiro atoms. The van der Waals surface area contributed by atoms with Crippen LogP contribution in [0.1, 0.15) is 134 Å². The minimum atomic E-state index is -0.105. The first kappa shape index (κ1) is 27.6. The van der Waals surface area contributed by atoms with E-state index in [2.05, 4.69) is 30.9 Å². The molecule has 0 bridgehead atoms. The summed E-state index contributed by atoms with van der Waals surface area (Å²) in [6.45, 7) is 4.46. The first-order valence-corrected chi connectivity index (χ1v) is 19.1. The van der Waals surface area contributed by atoms with Gasteiger partial charge in [0.15, 0.2) is 6.61 Å². The Hall–Kier alpha value is 0.0400. The lowest BCUT2D eigenvalue weighted by atomic mass is 9.99. The first-order valence-electron chi connectivity index (χ1n) is 15.9. The van der Waals surface area contributed by atoms with Gasteiger partial charge in [0.1, 0.15) is 0 Å². The lowest BCUT2D eigenvalue weighted by Gasteiger charge is -2.39. The summed E-state index contributed by atoms with van der Waals surface area (Å²) in [7, 11) is 0.0157. The van der Waals surface area contributed by atoms with Gasteiger partial charge in [-0.15, -0.1) is 0 Å². The number of rotatable bonds is 10. The fourth-order valence-electron chi connectivity index (χ4n) is 7.96. The highest BCUT2D eigenvalue weighted by Crippen LogP contribution is 2.56. The van der Waals surface area contributed by atoms with E-state index >= 15 is 0 Å². The minimum Gasteiger partial charge on any atom is -0.363 e. The Labute approximate surface area is 225 Å². The molecule has 4 aliphatic rings. The fourth-order valence-corrected chi connectivity index (χ4v) is 15.5. The molecule has 0 saturated heterocycles. The lowest BCUT2D eigenvalue weighted by Crippen LogP contribution is -2.28. The Bertz CT molecular complexity index is 706. The Morgan fingerprint density at radius 2 is 1.03 bits per heavy atom. The smallest absolute Gasteiger partial charge is 0.166 e. The van der Waals surface area contributed by atoms with Crippen molar-refractivity contribution in [3.05, 3.63) is 36.4 Å². The molecule has 4 saturated carbocycles. The van der Waals surface area contributed by atoms with Crippen LogP contribution in [0.5, 0.6) is 0 Å². The maximum Gasteiger partial charge on any atom is 0.166 e. The third kappa shape index (κ3) is 7.57. The van der Waals surface area contributed by atoms with E-state index in [0.717, 1.165) is 29.2 Å². The zero-order chi connectivity index (χ0) is 24.4. The second kappa shape index (κ2) is 15.0. The van der Waals surface area contributed by atoms with Crippen LogP contribution in [0.4, 0.5) is 0 Å². The van der Waals surface area contributed by atoms with Crippen LogP contribution in [0, 0.1) is 6.61 Å². The molecule has 0 aliphatic heterocycles. The largest absolute Gasteiger partial charge is 0.363 e. The van der Waals surface area contributed by atoms with Gasteiger partial charge in [-0.25, -0.2) is 0 Å². The molecule has 3 heteroatoms. The van der Waals surface area contributed by atoms with Crippen molar-refractivity contribution in [3.8, 4) is 0 Å². The van der Waals surface area contributed by atoms with Gasteiger partial charge >= 0.3 is 0 Å². The third-order valence-corrected chi connectivity index (χ3v) is 17.0. The van der Waals surface area contributed by atoms with Gasteiger partial charge in [-0.3, -0.25) is 0 Å². The highest BCUT2D eigenvalue weighted by Gasteiger charge is 2.34. The van der Waals surface area contributed by atoms with Crippen molar-refractivity contribution in [3.63, 3.8) is 0 Å². The molecule has 2 radical (unpaired) electrons. The van der Waals surface area contributed by atoms with Gasteiger partial charge in [-0.2, -0.15) is 0 Å². The normalized spacial score (nSPS) is 24.1. The highest BCUT2D eigenvalue weighted by molar-refractivity contribution is 7.67. The monoisotopic (exact) mass is 526 g/mol. The molecule has 0 aromatic heterocycles. The topological polar surface area (TPSA) is 9.23 Å². The first-order chi connectivity index (χ1) is 17.9. The van der Waals surface area contributed by atoms with Crippen molar-refractivity contribution in [1.82, 2.24) is 0 Å². The van der Waals surface area contributed by atoms with Crippen LogP contribution in [-0.2, 0) is 4.74 Å². The van der Waals surface area contributed by atoms with Crippen LogP contribution < -0.4 is 5.30 Å². The Morgan fingerprint density at radius 1 is 0.583 bits per heavy atom.